The number of carboxylic acids is 1. The van der Waals surface area contributed by atoms with Gasteiger partial charge in [-0.1, -0.05) is 30.3 Å². The second kappa shape index (κ2) is 7.71. The fourth-order valence-electron chi connectivity index (χ4n) is 3.22. The predicted octanol–water partition coefficient (Wildman–Crippen LogP) is 5.83. The molecule has 0 atom stereocenters. The van der Waals surface area contributed by atoms with Crippen molar-refractivity contribution in [2.75, 3.05) is 0 Å². The Labute approximate surface area is 175 Å². The number of aryl methyl sites for hydroxylation is 1. The van der Waals surface area contributed by atoms with Crippen LogP contribution in [0.15, 0.2) is 66.9 Å². The van der Waals surface area contributed by atoms with Gasteiger partial charge >= 0.3 is 12.1 Å². The van der Waals surface area contributed by atoms with Crippen LogP contribution in [0.3, 0.4) is 0 Å². The van der Waals surface area contributed by atoms with E-state index >= 15 is 0 Å². The quantitative estimate of drug-likeness (QED) is 0.433. The van der Waals surface area contributed by atoms with Crippen LogP contribution in [0.2, 0.25) is 0 Å². The van der Waals surface area contributed by atoms with Crippen LogP contribution in [-0.2, 0) is 6.18 Å². The van der Waals surface area contributed by atoms with Crippen LogP contribution < -0.4 is 0 Å². The number of hydrogen-bond donors (Lipinski definition) is 2. The van der Waals surface area contributed by atoms with Gasteiger partial charge in [-0.15, -0.1) is 0 Å². The van der Waals surface area contributed by atoms with Crippen molar-refractivity contribution < 1.29 is 23.1 Å². The maximum atomic E-state index is 13.5. The Kier molecular flexibility index (Phi) is 5.06. The smallest absolute Gasteiger partial charge is 0.433 e. The molecule has 2 aromatic carbocycles. The fourth-order valence-corrected chi connectivity index (χ4v) is 3.22. The third-order valence-electron chi connectivity index (χ3n) is 4.81. The van der Waals surface area contributed by atoms with Crippen LogP contribution >= 0.6 is 0 Å². The SMILES string of the molecule is Cc1ccc(-c2cccc(-c3nc(-c4ccc[nH]4)cc(C(F)(F)F)n3)c2)cc1C(=O)O. The van der Waals surface area contributed by atoms with Crippen molar-refractivity contribution in [2.24, 2.45) is 0 Å². The van der Waals surface area contributed by atoms with Gasteiger partial charge in [0.1, 0.15) is 5.69 Å². The van der Waals surface area contributed by atoms with Crippen molar-refractivity contribution in [3.63, 3.8) is 0 Å². The van der Waals surface area contributed by atoms with Crippen molar-refractivity contribution in [3.8, 4) is 33.9 Å². The molecule has 2 aromatic heterocycles. The van der Waals surface area contributed by atoms with Gasteiger partial charge in [-0.2, -0.15) is 13.2 Å². The number of hydrogen-bond acceptors (Lipinski definition) is 3. The number of nitrogens with zero attached hydrogens (tertiary/aromatic N) is 2. The summed E-state index contributed by atoms with van der Waals surface area (Å²) in [6, 6.07) is 15.9. The minimum atomic E-state index is -4.63. The standard InChI is InChI=1S/C23H16F3N3O2/c1-13-7-8-15(11-17(13)22(30)31)14-4-2-5-16(10-14)21-28-19(18-6-3-9-27-18)12-20(29-21)23(24,25)26/h2-12,27H,1H3,(H,30,31). The number of carbonyl (C=O) groups is 1. The number of aromatic nitrogens is 3. The zero-order chi connectivity index (χ0) is 22.2. The van der Waals surface area contributed by atoms with E-state index in [4.69, 9.17) is 0 Å². The summed E-state index contributed by atoms with van der Waals surface area (Å²) in [6.07, 6.45) is -3.04. The molecule has 2 N–H and O–H groups in total. The number of aromatic amines is 1. The normalized spacial score (nSPS) is 11.5. The topological polar surface area (TPSA) is 78.9 Å². The molecule has 4 aromatic rings. The summed E-state index contributed by atoms with van der Waals surface area (Å²) in [6.45, 7) is 1.70. The molecule has 0 aliphatic heterocycles. The monoisotopic (exact) mass is 423 g/mol. The Morgan fingerprint density at radius 3 is 2.35 bits per heavy atom. The highest BCUT2D eigenvalue weighted by Gasteiger charge is 2.34. The van der Waals surface area contributed by atoms with Crippen molar-refractivity contribution in [3.05, 3.63) is 83.7 Å². The Balaban J connectivity index is 1.84. The van der Waals surface area contributed by atoms with Crippen molar-refractivity contribution in [1.29, 1.82) is 0 Å². The molecule has 5 nitrogen and oxygen atoms in total. The number of nitrogens with one attached hydrogen (secondary N) is 1. The van der Waals surface area contributed by atoms with E-state index in [1.807, 2.05) is 0 Å². The molecule has 0 saturated heterocycles. The molecule has 0 saturated carbocycles. The number of alkyl halides is 3. The molecule has 0 radical (unpaired) electrons. The molecule has 0 bridgehead atoms. The first-order valence-corrected chi connectivity index (χ1v) is 9.27. The average molecular weight is 423 g/mol. The molecule has 0 amide bonds. The van der Waals surface area contributed by atoms with E-state index in [9.17, 15) is 23.1 Å². The van der Waals surface area contributed by atoms with Gasteiger partial charge in [-0.3, -0.25) is 0 Å². The molecule has 0 aliphatic carbocycles. The summed E-state index contributed by atoms with van der Waals surface area (Å²) < 4.78 is 40.4. The van der Waals surface area contributed by atoms with Crippen LogP contribution in [-0.4, -0.2) is 26.0 Å². The molecule has 156 valence electrons. The highest BCUT2D eigenvalue weighted by atomic mass is 19.4. The van der Waals surface area contributed by atoms with E-state index < -0.39 is 17.8 Å². The predicted molar refractivity (Wildman–Crippen MR) is 109 cm³/mol. The zero-order valence-electron chi connectivity index (χ0n) is 16.2. The molecule has 2 heterocycles. The second-order valence-corrected chi connectivity index (χ2v) is 6.96. The van der Waals surface area contributed by atoms with Crippen LogP contribution in [0.1, 0.15) is 21.6 Å². The molecule has 0 aliphatic rings. The summed E-state index contributed by atoms with van der Waals surface area (Å²) in [4.78, 5) is 22.4. The zero-order valence-corrected chi connectivity index (χ0v) is 16.2. The van der Waals surface area contributed by atoms with Crippen molar-refractivity contribution in [2.45, 2.75) is 13.1 Å². The fraction of sp³-hybridized carbons (Fsp3) is 0.0870. The number of benzene rings is 2. The average Bonchev–Trinajstić information content (AvgIpc) is 3.28. The van der Waals surface area contributed by atoms with Gasteiger partial charge in [0.15, 0.2) is 5.82 Å². The number of carboxylic acid groups (broad SMARTS) is 1. The van der Waals surface area contributed by atoms with Gasteiger partial charge in [0.05, 0.1) is 17.0 Å². The Morgan fingerprint density at radius 2 is 1.68 bits per heavy atom. The lowest BCUT2D eigenvalue weighted by atomic mass is 9.98. The molecule has 8 heteroatoms. The third-order valence-corrected chi connectivity index (χ3v) is 4.81. The Bertz CT molecular complexity index is 1270. The Hall–Kier alpha value is -3.94. The first-order chi connectivity index (χ1) is 14.7. The number of halogens is 3. The molecule has 0 fully saturated rings. The summed E-state index contributed by atoms with van der Waals surface area (Å²) in [5.41, 5.74) is 1.94. The van der Waals surface area contributed by atoms with Crippen molar-refractivity contribution >= 4 is 5.97 Å². The maximum Gasteiger partial charge on any atom is 0.433 e. The first kappa shape index (κ1) is 20.3. The highest BCUT2D eigenvalue weighted by molar-refractivity contribution is 5.91. The van der Waals surface area contributed by atoms with E-state index in [0.717, 1.165) is 6.07 Å². The second-order valence-electron chi connectivity index (χ2n) is 6.96. The van der Waals surface area contributed by atoms with Gasteiger partial charge in [0.2, 0.25) is 0 Å². The summed E-state index contributed by atoms with van der Waals surface area (Å²) in [5.74, 6) is -1.13. The maximum absolute atomic E-state index is 13.5. The molecule has 4 rings (SSSR count). The van der Waals surface area contributed by atoms with Crippen LogP contribution in [0.25, 0.3) is 33.9 Å². The van der Waals surface area contributed by atoms with Gasteiger partial charge in [-0.25, -0.2) is 14.8 Å². The van der Waals surface area contributed by atoms with Gasteiger partial charge < -0.3 is 10.1 Å². The van der Waals surface area contributed by atoms with Gasteiger partial charge in [-0.05, 0) is 53.9 Å². The van der Waals surface area contributed by atoms with E-state index in [1.54, 1.807) is 61.7 Å². The third kappa shape index (κ3) is 4.18. The summed E-state index contributed by atoms with van der Waals surface area (Å²) in [5, 5.41) is 9.37. The number of aromatic carboxylic acids is 1. The summed E-state index contributed by atoms with van der Waals surface area (Å²) in [7, 11) is 0. The van der Waals surface area contributed by atoms with E-state index in [-0.39, 0.29) is 17.1 Å². The van der Waals surface area contributed by atoms with Crippen LogP contribution in [0.5, 0.6) is 0 Å². The highest BCUT2D eigenvalue weighted by Crippen LogP contribution is 2.33. The minimum absolute atomic E-state index is 0.0770. The van der Waals surface area contributed by atoms with E-state index in [2.05, 4.69) is 15.0 Å². The largest absolute Gasteiger partial charge is 0.478 e. The number of H-pyrrole nitrogens is 1. The van der Waals surface area contributed by atoms with E-state index in [1.165, 1.54) is 6.07 Å². The lowest BCUT2D eigenvalue weighted by Crippen LogP contribution is -2.10. The van der Waals surface area contributed by atoms with Gasteiger partial charge in [0.25, 0.3) is 0 Å². The molecule has 0 unspecified atom stereocenters. The van der Waals surface area contributed by atoms with E-state index in [0.29, 0.717) is 27.9 Å². The minimum Gasteiger partial charge on any atom is -0.478 e. The summed E-state index contributed by atoms with van der Waals surface area (Å²) >= 11 is 0. The Morgan fingerprint density at radius 1 is 0.935 bits per heavy atom. The molecular formula is C23H16F3N3O2. The molecule has 31 heavy (non-hydrogen) atoms. The lowest BCUT2D eigenvalue weighted by molar-refractivity contribution is -0.141. The van der Waals surface area contributed by atoms with Crippen molar-refractivity contribution in [1.82, 2.24) is 15.0 Å². The van der Waals surface area contributed by atoms with Gasteiger partial charge in [0, 0.05) is 11.8 Å². The van der Waals surface area contributed by atoms with Crippen LogP contribution in [0, 0.1) is 6.92 Å². The molecular weight excluding hydrogens is 407 g/mol. The molecule has 0 spiro atoms. The number of rotatable bonds is 4. The first-order valence-electron chi connectivity index (χ1n) is 9.27. The van der Waals surface area contributed by atoms with Crippen LogP contribution in [0.4, 0.5) is 13.2 Å². The lowest BCUT2D eigenvalue weighted by Gasteiger charge is -2.11.